The Morgan fingerprint density at radius 1 is 1.56 bits per heavy atom. The van der Waals surface area contributed by atoms with Crippen LogP contribution in [-0.4, -0.2) is 29.9 Å². The van der Waals surface area contributed by atoms with Crippen molar-refractivity contribution >= 4 is 23.2 Å². The molecule has 1 saturated carbocycles. The van der Waals surface area contributed by atoms with E-state index >= 15 is 0 Å². The van der Waals surface area contributed by atoms with Crippen LogP contribution in [0.1, 0.15) is 19.8 Å². The monoisotopic (exact) mass is 270 g/mol. The van der Waals surface area contributed by atoms with Crippen LogP contribution in [0.25, 0.3) is 0 Å². The standard InChI is InChI=1S/C13H16ClFN2O/c1-2-17(9-6-7-9)12(18)8-16-13-10(14)4-3-5-11(13)15/h3-5,9,16H,2,6-8H2,1H3. The fourth-order valence-electron chi connectivity index (χ4n) is 1.96. The molecule has 98 valence electrons. The normalized spacial score (nSPS) is 14.4. The molecule has 0 unspecified atom stereocenters. The first-order valence-corrected chi connectivity index (χ1v) is 6.48. The molecule has 1 N–H and O–H groups in total. The third kappa shape index (κ3) is 2.93. The van der Waals surface area contributed by atoms with Gasteiger partial charge in [0.05, 0.1) is 17.3 Å². The average Bonchev–Trinajstić information content (AvgIpc) is 3.14. The maximum absolute atomic E-state index is 13.5. The zero-order valence-electron chi connectivity index (χ0n) is 10.2. The number of nitrogens with one attached hydrogen (secondary N) is 1. The zero-order chi connectivity index (χ0) is 13.1. The van der Waals surface area contributed by atoms with Crippen LogP contribution in [0.4, 0.5) is 10.1 Å². The van der Waals surface area contributed by atoms with Crippen LogP contribution in [-0.2, 0) is 4.79 Å². The average molecular weight is 271 g/mol. The molecular weight excluding hydrogens is 255 g/mol. The zero-order valence-corrected chi connectivity index (χ0v) is 11.0. The van der Waals surface area contributed by atoms with Crippen LogP contribution < -0.4 is 5.32 Å². The summed E-state index contributed by atoms with van der Waals surface area (Å²) in [5, 5.41) is 3.07. The second-order valence-electron chi connectivity index (χ2n) is 4.36. The third-order valence-corrected chi connectivity index (χ3v) is 3.34. The molecule has 0 saturated heterocycles. The first-order chi connectivity index (χ1) is 8.63. The van der Waals surface area contributed by atoms with Crippen LogP contribution in [0.2, 0.25) is 5.02 Å². The molecule has 1 amide bonds. The first-order valence-electron chi connectivity index (χ1n) is 6.10. The summed E-state index contributed by atoms with van der Waals surface area (Å²) in [5.41, 5.74) is 0.194. The second-order valence-corrected chi connectivity index (χ2v) is 4.77. The van der Waals surface area contributed by atoms with Crippen LogP contribution in [0, 0.1) is 5.82 Å². The Morgan fingerprint density at radius 3 is 2.83 bits per heavy atom. The van der Waals surface area contributed by atoms with Crippen molar-refractivity contribution in [2.75, 3.05) is 18.4 Å². The number of amides is 1. The van der Waals surface area contributed by atoms with Gasteiger partial charge in [0.1, 0.15) is 5.82 Å². The van der Waals surface area contributed by atoms with Crippen molar-refractivity contribution in [1.82, 2.24) is 4.90 Å². The molecule has 0 atom stereocenters. The SMILES string of the molecule is CCN(C(=O)CNc1c(F)cccc1Cl)C1CC1. The summed E-state index contributed by atoms with van der Waals surface area (Å²) in [4.78, 5) is 13.8. The van der Waals surface area contributed by atoms with E-state index in [9.17, 15) is 9.18 Å². The molecule has 1 aromatic carbocycles. The number of hydrogen-bond acceptors (Lipinski definition) is 2. The van der Waals surface area contributed by atoms with Crippen molar-refractivity contribution in [3.63, 3.8) is 0 Å². The topological polar surface area (TPSA) is 32.3 Å². The molecule has 0 heterocycles. The van der Waals surface area contributed by atoms with Gasteiger partial charge in [0.2, 0.25) is 5.91 Å². The number of nitrogens with zero attached hydrogens (tertiary/aromatic N) is 1. The van der Waals surface area contributed by atoms with E-state index in [-0.39, 0.29) is 23.2 Å². The third-order valence-electron chi connectivity index (χ3n) is 3.03. The van der Waals surface area contributed by atoms with Gasteiger partial charge in [0.25, 0.3) is 0 Å². The molecule has 0 spiro atoms. The fourth-order valence-corrected chi connectivity index (χ4v) is 2.19. The minimum absolute atomic E-state index is 0.0145. The molecule has 0 aromatic heterocycles. The number of carbonyl (C=O) groups excluding carboxylic acids is 1. The van der Waals surface area contributed by atoms with Crippen LogP contribution in [0.15, 0.2) is 18.2 Å². The van der Waals surface area contributed by atoms with Crippen molar-refractivity contribution in [2.24, 2.45) is 0 Å². The number of hydrogen-bond donors (Lipinski definition) is 1. The van der Waals surface area contributed by atoms with Crippen molar-refractivity contribution in [3.05, 3.63) is 29.0 Å². The van der Waals surface area contributed by atoms with Gasteiger partial charge in [0.15, 0.2) is 0 Å². The summed E-state index contributed by atoms with van der Waals surface area (Å²) in [5.74, 6) is -0.455. The lowest BCUT2D eigenvalue weighted by molar-refractivity contribution is -0.129. The molecule has 1 aliphatic carbocycles. The number of halogens is 2. The van der Waals surface area contributed by atoms with Gasteiger partial charge < -0.3 is 10.2 Å². The van der Waals surface area contributed by atoms with Crippen LogP contribution in [0.3, 0.4) is 0 Å². The van der Waals surface area contributed by atoms with E-state index in [1.165, 1.54) is 12.1 Å². The lowest BCUT2D eigenvalue weighted by atomic mass is 10.3. The Morgan fingerprint density at radius 2 is 2.28 bits per heavy atom. The number of likely N-dealkylation sites (N-methyl/N-ethyl adjacent to an activating group) is 1. The maximum Gasteiger partial charge on any atom is 0.242 e. The van der Waals surface area contributed by atoms with Crippen molar-refractivity contribution < 1.29 is 9.18 Å². The number of benzene rings is 1. The predicted molar refractivity (Wildman–Crippen MR) is 70.3 cm³/mol. The lowest BCUT2D eigenvalue weighted by Gasteiger charge is -2.21. The summed E-state index contributed by atoms with van der Waals surface area (Å²) in [6.07, 6.45) is 2.14. The van der Waals surface area contributed by atoms with Crippen LogP contribution >= 0.6 is 11.6 Å². The molecule has 0 radical (unpaired) electrons. The minimum atomic E-state index is -0.440. The van der Waals surface area contributed by atoms with Gasteiger partial charge in [-0.05, 0) is 31.9 Å². The highest BCUT2D eigenvalue weighted by molar-refractivity contribution is 6.33. The first kappa shape index (κ1) is 13.1. The maximum atomic E-state index is 13.5. The Bertz CT molecular complexity index is 428. The summed E-state index contributed by atoms with van der Waals surface area (Å²) in [7, 11) is 0. The molecule has 1 fully saturated rings. The Hall–Kier alpha value is -1.29. The Kier molecular flexibility index (Phi) is 4.07. The summed E-state index contributed by atoms with van der Waals surface area (Å²) < 4.78 is 13.5. The van der Waals surface area contributed by atoms with Gasteiger partial charge in [-0.3, -0.25) is 4.79 Å². The van der Waals surface area contributed by atoms with E-state index < -0.39 is 5.82 Å². The highest BCUT2D eigenvalue weighted by atomic mass is 35.5. The highest BCUT2D eigenvalue weighted by Crippen LogP contribution is 2.27. The largest absolute Gasteiger partial charge is 0.373 e. The van der Waals surface area contributed by atoms with E-state index in [0.717, 1.165) is 12.8 Å². The summed E-state index contributed by atoms with van der Waals surface area (Å²) in [6.45, 7) is 2.72. The van der Waals surface area contributed by atoms with Gasteiger partial charge in [-0.25, -0.2) is 4.39 Å². The van der Waals surface area contributed by atoms with E-state index in [1.54, 1.807) is 6.07 Å². The molecule has 0 aliphatic heterocycles. The van der Waals surface area contributed by atoms with Gasteiger partial charge >= 0.3 is 0 Å². The summed E-state index contributed by atoms with van der Waals surface area (Å²) in [6, 6.07) is 4.82. The predicted octanol–water partition coefficient (Wildman–Crippen LogP) is 2.90. The van der Waals surface area contributed by atoms with Gasteiger partial charge in [-0.1, -0.05) is 17.7 Å². The molecule has 1 aliphatic rings. The molecule has 0 bridgehead atoms. The van der Waals surface area contributed by atoms with Crippen molar-refractivity contribution in [2.45, 2.75) is 25.8 Å². The Balaban J connectivity index is 1.96. The molecular formula is C13H16ClFN2O. The fraction of sp³-hybridized carbons (Fsp3) is 0.462. The van der Waals surface area contributed by atoms with Crippen molar-refractivity contribution in [3.8, 4) is 0 Å². The number of carbonyl (C=O) groups is 1. The van der Waals surface area contributed by atoms with E-state index in [4.69, 9.17) is 11.6 Å². The van der Waals surface area contributed by atoms with E-state index in [2.05, 4.69) is 5.32 Å². The van der Waals surface area contributed by atoms with Gasteiger partial charge in [-0.2, -0.15) is 0 Å². The Labute approximate surface area is 111 Å². The minimum Gasteiger partial charge on any atom is -0.373 e. The van der Waals surface area contributed by atoms with Crippen molar-refractivity contribution in [1.29, 1.82) is 0 Å². The quantitative estimate of drug-likeness (QED) is 0.892. The summed E-state index contributed by atoms with van der Waals surface area (Å²) >= 11 is 5.87. The molecule has 5 heteroatoms. The smallest absolute Gasteiger partial charge is 0.242 e. The molecule has 18 heavy (non-hydrogen) atoms. The number of anilines is 1. The second kappa shape index (κ2) is 5.57. The van der Waals surface area contributed by atoms with E-state index in [1.807, 2.05) is 11.8 Å². The van der Waals surface area contributed by atoms with Gasteiger partial charge in [0, 0.05) is 12.6 Å². The van der Waals surface area contributed by atoms with Crippen LogP contribution in [0.5, 0.6) is 0 Å². The lowest BCUT2D eigenvalue weighted by Crippen LogP contribution is -2.37. The number of rotatable bonds is 5. The van der Waals surface area contributed by atoms with Gasteiger partial charge in [-0.15, -0.1) is 0 Å². The van der Waals surface area contributed by atoms with E-state index in [0.29, 0.717) is 12.6 Å². The molecule has 1 aromatic rings. The molecule has 2 rings (SSSR count). The highest BCUT2D eigenvalue weighted by Gasteiger charge is 2.31. The number of para-hydroxylation sites is 1. The molecule has 3 nitrogen and oxygen atoms in total.